The van der Waals surface area contributed by atoms with E-state index in [2.05, 4.69) is 10.1 Å². The highest BCUT2D eigenvalue weighted by Crippen LogP contribution is 2.15. The molecular weight excluding hydrogens is 244 g/mol. The highest BCUT2D eigenvalue weighted by Gasteiger charge is 2.06. The number of rotatable bonds is 7. The number of phenols is 1. The van der Waals surface area contributed by atoms with Gasteiger partial charge in [-0.25, -0.2) is 8.78 Å². The number of nitrogens with one attached hydrogen (secondary N) is 1. The van der Waals surface area contributed by atoms with Crippen molar-refractivity contribution < 1.29 is 23.4 Å². The molecule has 0 aliphatic carbocycles. The molecule has 0 aliphatic heterocycles. The number of carbonyl (C=O) groups is 1. The van der Waals surface area contributed by atoms with Gasteiger partial charge >= 0.3 is 0 Å². The average Bonchev–Trinajstić information content (AvgIpc) is 2.31. The highest BCUT2D eigenvalue weighted by molar-refractivity contribution is 5.79. The Morgan fingerprint density at radius 1 is 1.39 bits per heavy atom. The number of aromatic hydroxyl groups is 1. The number of hydrogen-bond donors (Lipinski definition) is 2. The maximum absolute atomic E-state index is 11.7. The monoisotopic (exact) mass is 259 g/mol. The largest absolute Gasteiger partial charge is 0.508 e. The SMILES string of the molecule is O=C(Cc1ccccc1O)NCCOCC(F)F. The normalized spacial score (nSPS) is 10.6. The first-order valence-electron chi connectivity index (χ1n) is 5.49. The number of amides is 1. The molecule has 1 aromatic rings. The van der Waals surface area contributed by atoms with E-state index in [9.17, 15) is 18.7 Å². The lowest BCUT2D eigenvalue weighted by Gasteiger charge is -2.07. The zero-order valence-electron chi connectivity index (χ0n) is 9.73. The van der Waals surface area contributed by atoms with Crippen LogP contribution in [0.1, 0.15) is 5.56 Å². The van der Waals surface area contributed by atoms with Crippen molar-refractivity contribution in [3.8, 4) is 5.75 Å². The van der Waals surface area contributed by atoms with Gasteiger partial charge in [-0.15, -0.1) is 0 Å². The molecule has 1 rings (SSSR count). The Morgan fingerprint density at radius 3 is 2.78 bits per heavy atom. The van der Waals surface area contributed by atoms with Crippen LogP contribution >= 0.6 is 0 Å². The number of phenolic OH excluding ortho intramolecular Hbond substituents is 1. The summed E-state index contributed by atoms with van der Waals surface area (Å²) in [5.41, 5.74) is 0.517. The van der Waals surface area contributed by atoms with Gasteiger partial charge in [-0.05, 0) is 6.07 Å². The maximum atomic E-state index is 11.7. The van der Waals surface area contributed by atoms with E-state index in [0.29, 0.717) is 5.56 Å². The first kappa shape index (κ1) is 14.4. The summed E-state index contributed by atoms with van der Waals surface area (Å²) in [6.07, 6.45) is -2.46. The van der Waals surface area contributed by atoms with Crippen LogP contribution in [0.2, 0.25) is 0 Å². The third-order valence-corrected chi connectivity index (χ3v) is 2.16. The molecule has 0 aromatic heterocycles. The van der Waals surface area contributed by atoms with Crippen molar-refractivity contribution in [2.75, 3.05) is 19.8 Å². The molecule has 0 spiro atoms. The minimum absolute atomic E-state index is 0.0385. The summed E-state index contributed by atoms with van der Waals surface area (Å²) in [5, 5.41) is 12.0. The van der Waals surface area contributed by atoms with Crippen molar-refractivity contribution in [1.29, 1.82) is 0 Å². The maximum Gasteiger partial charge on any atom is 0.261 e. The topological polar surface area (TPSA) is 58.6 Å². The Hall–Kier alpha value is -1.69. The highest BCUT2D eigenvalue weighted by atomic mass is 19.3. The number of benzene rings is 1. The van der Waals surface area contributed by atoms with Gasteiger partial charge in [0.15, 0.2) is 0 Å². The van der Waals surface area contributed by atoms with Gasteiger partial charge in [0.2, 0.25) is 5.91 Å². The molecule has 0 atom stereocenters. The van der Waals surface area contributed by atoms with Crippen LogP contribution in [0, 0.1) is 0 Å². The standard InChI is InChI=1S/C12H15F2NO3/c13-11(14)8-18-6-5-15-12(17)7-9-3-1-2-4-10(9)16/h1-4,11,16H,5-8H2,(H,15,17). The summed E-state index contributed by atoms with van der Waals surface area (Å²) in [5.74, 6) is -0.237. The predicted octanol–water partition coefficient (Wildman–Crippen LogP) is 1.33. The summed E-state index contributed by atoms with van der Waals surface area (Å²) < 4.78 is 28.0. The van der Waals surface area contributed by atoms with Gasteiger partial charge in [0.25, 0.3) is 6.43 Å². The molecule has 2 N–H and O–H groups in total. The minimum Gasteiger partial charge on any atom is -0.508 e. The minimum atomic E-state index is -2.50. The van der Waals surface area contributed by atoms with Crippen LogP contribution < -0.4 is 5.32 Å². The molecule has 0 aliphatic rings. The Kier molecular flexibility index (Phi) is 6.07. The first-order valence-corrected chi connectivity index (χ1v) is 5.49. The number of halogens is 2. The fraction of sp³-hybridized carbons (Fsp3) is 0.417. The van der Waals surface area contributed by atoms with Crippen LogP contribution in [-0.2, 0) is 16.0 Å². The van der Waals surface area contributed by atoms with Gasteiger partial charge in [-0.2, -0.15) is 0 Å². The van der Waals surface area contributed by atoms with Gasteiger partial charge in [-0.1, -0.05) is 18.2 Å². The molecule has 18 heavy (non-hydrogen) atoms. The van der Waals surface area contributed by atoms with Crippen LogP contribution in [0.5, 0.6) is 5.75 Å². The summed E-state index contributed by atoms with van der Waals surface area (Å²) in [6.45, 7) is -0.425. The second-order valence-electron chi connectivity index (χ2n) is 3.62. The van der Waals surface area contributed by atoms with E-state index in [4.69, 9.17) is 0 Å². The van der Waals surface area contributed by atoms with Gasteiger partial charge in [-0.3, -0.25) is 4.79 Å². The lowest BCUT2D eigenvalue weighted by Crippen LogP contribution is -2.29. The van der Waals surface area contributed by atoms with Crippen LogP contribution in [0.25, 0.3) is 0 Å². The molecule has 0 saturated heterocycles. The van der Waals surface area contributed by atoms with Crippen molar-refractivity contribution in [3.63, 3.8) is 0 Å². The molecule has 1 amide bonds. The molecular formula is C12H15F2NO3. The predicted molar refractivity (Wildman–Crippen MR) is 61.6 cm³/mol. The van der Waals surface area contributed by atoms with Crippen molar-refractivity contribution in [3.05, 3.63) is 29.8 Å². The lowest BCUT2D eigenvalue weighted by molar-refractivity contribution is -0.120. The summed E-state index contributed by atoms with van der Waals surface area (Å²) in [6, 6.07) is 6.51. The third-order valence-electron chi connectivity index (χ3n) is 2.16. The second kappa shape index (κ2) is 7.60. The molecule has 6 heteroatoms. The van der Waals surface area contributed by atoms with Gasteiger partial charge in [0, 0.05) is 12.1 Å². The number of para-hydroxylation sites is 1. The van der Waals surface area contributed by atoms with Crippen molar-refractivity contribution in [2.45, 2.75) is 12.8 Å². The van der Waals surface area contributed by atoms with E-state index in [-0.39, 0.29) is 31.2 Å². The van der Waals surface area contributed by atoms with E-state index in [1.54, 1.807) is 18.2 Å². The molecule has 1 aromatic carbocycles. The van der Waals surface area contributed by atoms with E-state index in [1.165, 1.54) is 6.07 Å². The van der Waals surface area contributed by atoms with Gasteiger partial charge in [0.05, 0.1) is 13.0 Å². The summed E-state index contributed by atoms with van der Waals surface area (Å²) in [4.78, 5) is 11.4. The third kappa shape index (κ3) is 5.58. The fourth-order valence-corrected chi connectivity index (χ4v) is 1.33. The van der Waals surface area contributed by atoms with Crippen LogP contribution in [0.4, 0.5) is 8.78 Å². The molecule has 0 saturated carbocycles. The Morgan fingerprint density at radius 2 is 2.11 bits per heavy atom. The van der Waals surface area contributed by atoms with E-state index >= 15 is 0 Å². The molecule has 0 unspecified atom stereocenters. The molecule has 0 fully saturated rings. The zero-order valence-corrected chi connectivity index (χ0v) is 9.73. The zero-order chi connectivity index (χ0) is 13.4. The summed E-state index contributed by atoms with van der Waals surface area (Å²) in [7, 11) is 0. The molecule has 0 heterocycles. The van der Waals surface area contributed by atoms with Crippen LogP contribution in [0.3, 0.4) is 0 Å². The number of alkyl halides is 2. The summed E-state index contributed by atoms with van der Waals surface area (Å²) >= 11 is 0. The van der Waals surface area contributed by atoms with Crippen molar-refractivity contribution in [1.82, 2.24) is 5.32 Å². The van der Waals surface area contributed by atoms with Crippen molar-refractivity contribution in [2.24, 2.45) is 0 Å². The molecule has 0 radical (unpaired) electrons. The average molecular weight is 259 g/mol. The Balaban J connectivity index is 2.20. The molecule has 100 valence electrons. The molecule has 4 nitrogen and oxygen atoms in total. The van der Waals surface area contributed by atoms with Crippen LogP contribution in [0.15, 0.2) is 24.3 Å². The van der Waals surface area contributed by atoms with Gasteiger partial charge < -0.3 is 15.2 Å². The number of ether oxygens (including phenoxy) is 1. The number of carbonyl (C=O) groups excluding carboxylic acids is 1. The fourth-order valence-electron chi connectivity index (χ4n) is 1.33. The smallest absolute Gasteiger partial charge is 0.261 e. The Bertz CT molecular complexity index is 385. The molecule has 0 bridgehead atoms. The van der Waals surface area contributed by atoms with Crippen molar-refractivity contribution >= 4 is 5.91 Å². The van der Waals surface area contributed by atoms with E-state index < -0.39 is 13.0 Å². The number of hydrogen-bond acceptors (Lipinski definition) is 3. The van der Waals surface area contributed by atoms with Gasteiger partial charge in [0.1, 0.15) is 12.4 Å². The quantitative estimate of drug-likeness (QED) is 0.726. The van der Waals surface area contributed by atoms with E-state index in [1.807, 2.05) is 0 Å². The first-order chi connectivity index (χ1) is 8.59. The van der Waals surface area contributed by atoms with Crippen LogP contribution in [-0.4, -0.2) is 37.2 Å². The Labute approximate surface area is 104 Å². The van der Waals surface area contributed by atoms with E-state index in [0.717, 1.165) is 0 Å². The lowest BCUT2D eigenvalue weighted by atomic mass is 10.1. The second-order valence-corrected chi connectivity index (χ2v) is 3.62.